The summed E-state index contributed by atoms with van der Waals surface area (Å²) in [6.45, 7) is 11.1. The van der Waals surface area contributed by atoms with Gasteiger partial charge in [-0.05, 0) is 39.8 Å². The summed E-state index contributed by atoms with van der Waals surface area (Å²) in [5, 5.41) is 3.06. The number of hydrogen-bond acceptors (Lipinski definition) is 5. The van der Waals surface area contributed by atoms with Gasteiger partial charge >= 0.3 is 0 Å². The summed E-state index contributed by atoms with van der Waals surface area (Å²) in [6, 6.07) is 3.94. The van der Waals surface area contributed by atoms with E-state index in [1.165, 1.54) is 0 Å². The van der Waals surface area contributed by atoms with Gasteiger partial charge in [0.05, 0.1) is 24.8 Å². The van der Waals surface area contributed by atoms with Gasteiger partial charge in [-0.1, -0.05) is 0 Å². The van der Waals surface area contributed by atoms with Gasteiger partial charge in [-0.2, -0.15) is 0 Å². The number of aryl methyl sites for hydroxylation is 3. The number of morpholine rings is 1. The van der Waals surface area contributed by atoms with Gasteiger partial charge in [-0.15, -0.1) is 0 Å². The maximum absolute atomic E-state index is 12.7. The number of nitrogens with zero attached hydrogens (tertiary/aromatic N) is 1. The first-order valence-corrected chi connectivity index (χ1v) is 8.70. The summed E-state index contributed by atoms with van der Waals surface area (Å²) < 4.78 is 16.9. The van der Waals surface area contributed by atoms with Crippen molar-refractivity contribution in [2.45, 2.75) is 33.7 Å². The van der Waals surface area contributed by atoms with Gasteiger partial charge in [0, 0.05) is 25.2 Å². The minimum Gasteiger partial charge on any atom is -0.466 e. The molecule has 1 aliphatic rings. The molecule has 0 radical (unpaired) electrons. The molecule has 1 N–H and O–H groups in total. The van der Waals surface area contributed by atoms with Crippen molar-refractivity contribution in [2.75, 3.05) is 32.8 Å². The number of nitrogens with one attached hydrogen (secondary N) is 1. The summed E-state index contributed by atoms with van der Waals surface area (Å²) in [7, 11) is 0. The van der Waals surface area contributed by atoms with Crippen molar-refractivity contribution in [3.63, 3.8) is 0 Å². The Morgan fingerprint density at radius 3 is 2.40 bits per heavy atom. The predicted octanol–water partition coefficient (Wildman–Crippen LogP) is 2.91. The van der Waals surface area contributed by atoms with Crippen LogP contribution in [0.4, 0.5) is 0 Å². The summed E-state index contributed by atoms with van der Waals surface area (Å²) in [6.07, 6.45) is 0. The van der Waals surface area contributed by atoms with Crippen molar-refractivity contribution < 1.29 is 18.4 Å². The van der Waals surface area contributed by atoms with Gasteiger partial charge in [0.25, 0.3) is 5.91 Å². The van der Waals surface area contributed by atoms with Crippen LogP contribution in [0.2, 0.25) is 0 Å². The smallest absolute Gasteiger partial charge is 0.255 e. The molecule has 0 saturated carbocycles. The van der Waals surface area contributed by atoms with Crippen molar-refractivity contribution in [3.05, 3.63) is 46.3 Å². The van der Waals surface area contributed by atoms with Crippen LogP contribution in [0.5, 0.6) is 0 Å². The lowest BCUT2D eigenvalue weighted by Gasteiger charge is -2.33. The van der Waals surface area contributed by atoms with E-state index in [1.807, 2.05) is 39.8 Å². The molecule has 2 aromatic heterocycles. The summed E-state index contributed by atoms with van der Waals surface area (Å²) in [5.74, 6) is 3.08. The molecule has 2 aromatic rings. The Balaban J connectivity index is 1.75. The third-order valence-electron chi connectivity index (χ3n) is 4.82. The van der Waals surface area contributed by atoms with Gasteiger partial charge in [-0.3, -0.25) is 9.69 Å². The van der Waals surface area contributed by atoms with Crippen molar-refractivity contribution >= 4 is 5.91 Å². The van der Waals surface area contributed by atoms with Crippen LogP contribution in [0, 0.1) is 27.7 Å². The van der Waals surface area contributed by atoms with Gasteiger partial charge in [0.2, 0.25) is 0 Å². The Hall–Kier alpha value is -2.05. The lowest BCUT2D eigenvalue weighted by molar-refractivity contribution is 0.0117. The highest BCUT2D eigenvalue weighted by Gasteiger charge is 2.27. The fourth-order valence-electron chi connectivity index (χ4n) is 3.34. The minimum atomic E-state index is -0.103. The Labute approximate surface area is 148 Å². The molecule has 1 saturated heterocycles. The number of amides is 1. The van der Waals surface area contributed by atoms with E-state index >= 15 is 0 Å². The average Bonchev–Trinajstić information content (AvgIpc) is 3.12. The molecule has 3 heterocycles. The first-order chi connectivity index (χ1) is 12.0. The molecule has 25 heavy (non-hydrogen) atoms. The van der Waals surface area contributed by atoms with Crippen molar-refractivity contribution in [2.24, 2.45) is 0 Å². The topological polar surface area (TPSA) is 67.9 Å². The summed E-state index contributed by atoms with van der Waals surface area (Å²) in [4.78, 5) is 15.0. The molecule has 6 nitrogen and oxygen atoms in total. The van der Waals surface area contributed by atoms with E-state index in [1.54, 1.807) is 0 Å². The third-order valence-corrected chi connectivity index (χ3v) is 4.82. The van der Waals surface area contributed by atoms with Gasteiger partial charge in [0.15, 0.2) is 0 Å². The number of hydrogen-bond donors (Lipinski definition) is 1. The van der Waals surface area contributed by atoms with Crippen LogP contribution in [0.3, 0.4) is 0 Å². The lowest BCUT2D eigenvalue weighted by Crippen LogP contribution is -2.43. The van der Waals surface area contributed by atoms with Gasteiger partial charge < -0.3 is 18.9 Å². The monoisotopic (exact) mass is 346 g/mol. The van der Waals surface area contributed by atoms with Crippen molar-refractivity contribution in [3.8, 4) is 0 Å². The molecule has 1 atom stereocenters. The maximum atomic E-state index is 12.7. The van der Waals surface area contributed by atoms with E-state index in [0.29, 0.717) is 31.1 Å². The van der Waals surface area contributed by atoms with Gasteiger partial charge in [-0.25, -0.2) is 0 Å². The predicted molar refractivity (Wildman–Crippen MR) is 93.8 cm³/mol. The highest BCUT2D eigenvalue weighted by Crippen LogP contribution is 2.24. The SMILES string of the molecule is Cc1ccc([C@@H](CNC(=O)c2c(C)oc(C)c2C)N2CCOCC2)o1. The van der Waals surface area contributed by atoms with E-state index in [-0.39, 0.29) is 11.9 Å². The largest absolute Gasteiger partial charge is 0.466 e. The normalized spacial score (nSPS) is 16.8. The summed E-state index contributed by atoms with van der Waals surface area (Å²) in [5.41, 5.74) is 1.53. The molecule has 3 rings (SSSR count). The fraction of sp³-hybridized carbons (Fsp3) is 0.526. The fourth-order valence-corrected chi connectivity index (χ4v) is 3.34. The van der Waals surface area contributed by atoms with E-state index in [2.05, 4.69) is 10.2 Å². The minimum absolute atomic E-state index is 0.00448. The van der Waals surface area contributed by atoms with E-state index < -0.39 is 0 Å². The van der Waals surface area contributed by atoms with Crippen molar-refractivity contribution in [1.29, 1.82) is 0 Å². The second kappa shape index (κ2) is 7.45. The van der Waals surface area contributed by atoms with E-state index in [9.17, 15) is 4.79 Å². The molecule has 136 valence electrons. The number of carbonyl (C=O) groups is 1. The van der Waals surface area contributed by atoms with Crippen LogP contribution < -0.4 is 5.32 Å². The summed E-state index contributed by atoms with van der Waals surface area (Å²) >= 11 is 0. The second-order valence-corrected chi connectivity index (χ2v) is 6.54. The molecular weight excluding hydrogens is 320 g/mol. The Kier molecular flexibility index (Phi) is 5.30. The molecule has 0 unspecified atom stereocenters. The third kappa shape index (κ3) is 3.80. The molecule has 1 aliphatic heterocycles. The Bertz CT molecular complexity index is 741. The molecule has 0 aromatic carbocycles. The maximum Gasteiger partial charge on any atom is 0.255 e. The molecule has 0 spiro atoms. The molecule has 0 bridgehead atoms. The van der Waals surface area contributed by atoms with E-state index in [0.717, 1.165) is 35.9 Å². The zero-order valence-corrected chi connectivity index (χ0v) is 15.3. The zero-order chi connectivity index (χ0) is 18.0. The molecule has 1 fully saturated rings. The van der Waals surface area contributed by atoms with Crippen LogP contribution in [-0.2, 0) is 4.74 Å². The lowest BCUT2D eigenvalue weighted by atomic mass is 10.1. The average molecular weight is 346 g/mol. The zero-order valence-electron chi connectivity index (χ0n) is 15.3. The number of carbonyl (C=O) groups excluding carboxylic acids is 1. The van der Waals surface area contributed by atoms with Crippen LogP contribution in [0.25, 0.3) is 0 Å². The van der Waals surface area contributed by atoms with E-state index in [4.69, 9.17) is 13.6 Å². The quantitative estimate of drug-likeness (QED) is 0.902. The second-order valence-electron chi connectivity index (χ2n) is 6.54. The van der Waals surface area contributed by atoms with Crippen LogP contribution in [0.15, 0.2) is 21.0 Å². The highest BCUT2D eigenvalue weighted by atomic mass is 16.5. The van der Waals surface area contributed by atoms with Crippen LogP contribution in [-0.4, -0.2) is 43.7 Å². The standard InChI is InChI=1S/C19H26N2O4/c1-12-5-6-17(24-12)16(21-7-9-23-10-8-21)11-20-19(22)18-13(2)14(3)25-15(18)4/h5-6,16H,7-11H2,1-4H3,(H,20,22)/t16-/m1/s1. The Morgan fingerprint density at radius 1 is 1.12 bits per heavy atom. The first kappa shape index (κ1) is 17.8. The van der Waals surface area contributed by atoms with Crippen molar-refractivity contribution in [1.82, 2.24) is 10.2 Å². The number of rotatable bonds is 5. The van der Waals surface area contributed by atoms with Gasteiger partial charge in [0.1, 0.15) is 23.0 Å². The number of ether oxygens (including phenoxy) is 1. The highest BCUT2D eigenvalue weighted by molar-refractivity contribution is 5.96. The Morgan fingerprint density at radius 2 is 1.84 bits per heavy atom. The number of furan rings is 2. The molecule has 0 aliphatic carbocycles. The molecular formula is C19H26N2O4. The van der Waals surface area contributed by atoms with Crippen LogP contribution in [0.1, 0.15) is 45.0 Å². The van der Waals surface area contributed by atoms with Crippen LogP contribution >= 0.6 is 0 Å². The molecule has 6 heteroatoms. The molecule has 1 amide bonds. The first-order valence-electron chi connectivity index (χ1n) is 8.70.